The highest BCUT2D eigenvalue weighted by molar-refractivity contribution is 9.10. The Kier molecular flexibility index (Phi) is 4.15. The van der Waals surface area contributed by atoms with E-state index in [0.717, 1.165) is 18.6 Å². The van der Waals surface area contributed by atoms with Crippen molar-refractivity contribution in [1.29, 1.82) is 0 Å². The number of benzene rings is 1. The minimum atomic E-state index is 0.836. The molecule has 0 saturated carbocycles. The van der Waals surface area contributed by atoms with Gasteiger partial charge in [0.15, 0.2) is 0 Å². The number of hydrogen-bond donors (Lipinski definition) is 1. The fourth-order valence-electron chi connectivity index (χ4n) is 2.24. The van der Waals surface area contributed by atoms with Crippen molar-refractivity contribution in [2.75, 3.05) is 0 Å². The van der Waals surface area contributed by atoms with Gasteiger partial charge in [-0.05, 0) is 40.5 Å². The third-order valence-electron chi connectivity index (χ3n) is 3.24. The molecule has 0 bridgehead atoms. The van der Waals surface area contributed by atoms with Crippen LogP contribution >= 0.6 is 27.3 Å². The molecule has 0 aliphatic rings. The lowest BCUT2D eigenvalue weighted by Crippen LogP contribution is -2.12. The lowest BCUT2D eigenvalue weighted by molar-refractivity contribution is 0.703. The van der Waals surface area contributed by atoms with E-state index in [1.54, 1.807) is 0 Å². The van der Waals surface area contributed by atoms with Crippen molar-refractivity contribution in [3.8, 4) is 0 Å². The number of thiophene rings is 1. The molecule has 0 aliphatic carbocycles. The van der Waals surface area contributed by atoms with Gasteiger partial charge in [0.25, 0.3) is 0 Å². The molecule has 0 unspecified atom stereocenters. The SMILES string of the molecule is Cc1sc(CNCc2cccc3cccnc23)cc1Br. The van der Waals surface area contributed by atoms with Crippen molar-refractivity contribution < 1.29 is 0 Å². The normalized spacial score (nSPS) is 11.1. The Morgan fingerprint density at radius 3 is 2.85 bits per heavy atom. The van der Waals surface area contributed by atoms with Crippen LogP contribution in [0.5, 0.6) is 0 Å². The summed E-state index contributed by atoms with van der Waals surface area (Å²) in [6.45, 7) is 3.86. The van der Waals surface area contributed by atoms with Gasteiger partial charge in [-0.1, -0.05) is 24.3 Å². The molecule has 2 aromatic heterocycles. The number of aromatic nitrogens is 1. The summed E-state index contributed by atoms with van der Waals surface area (Å²) in [4.78, 5) is 7.16. The van der Waals surface area contributed by atoms with E-state index in [1.165, 1.54) is 25.2 Å². The molecule has 3 rings (SSSR count). The smallest absolute Gasteiger partial charge is 0.0746 e. The Labute approximate surface area is 131 Å². The topological polar surface area (TPSA) is 24.9 Å². The Morgan fingerprint density at radius 1 is 1.20 bits per heavy atom. The number of hydrogen-bond acceptors (Lipinski definition) is 3. The van der Waals surface area contributed by atoms with Gasteiger partial charge < -0.3 is 5.32 Å². The van der Waals surface area contributed by atoms with Crippen LogP contribution in [0.2, 0.25) is 0 Å². The molecule has 1 N–H and O–H groups in total. The van der Waals surface area contributed by atoms with Crippen LogP contribution in [0.4, 0.5) is 0 Å². The molecule has 3 aromatic rings. The molecule has 0 amide bonds. The number of fused-ring (bicyclic) bond motifs is 1. The fraction of sp³-hybridized carbons (Fsp3) is 0.188. The molecule has 4 heteroatoms. The number of aryl methyl sites for hydroxylation is 1. The maximum Gasteiger partial charge on any atom is 0.0746 e. The minimum Gasteiger partial charge on any atom is -0.308 e. The van der Waals surface area contributed by atoms with Gasteiger partial charge in [-0.3, -0.25) is 4.98 Å². The number of pyridine rings is 1. The van der Waals surface area contributed by atoms with Gasteiger partial charge in [0.05, 0.1) is 5.52 Å². The molecule has 2 heterocycles. The Hall–Kier alpha value is -1.23. The number of rotatable bonds is 4. The summed E-state index contributed by atoms with van der Waals surface area (Å²) < 4.78 is 1.20. The monoisotopic (exact) mass is 346 g/mol. The van der Waals surface area contributed by atoms with Crippen LogP contribution in [0.15, 0.2) is 47.1 Å². The second-order valence-electron chi connectivity index (χ2n) is 4.71. The highest BCUT2D eigenvalue weighted by Gasteiger charge is 2.04. The third-order valence-corrected chi connectivity index (χ3v) is 5.38. The van der Waals surface area contributed by atoms with Gasteiger partial charge in [-0.15, -0.1) is 11.3 Å². The van der Waals surface area contributed by atoms with Gasteiger partial charge in [0.2, 0.25) is 0 Å². The first-order valence-corrected chi connectivity index (χ1v) is 8.13. The van der Waals surface area contributed by atoms with Gasteiger partial charge >= 0.3 is 0 Å². The molecule has 0 aliphatic heterocycles. The first-order chi connectivity index (χ1) is 9.74. The summed E-state index contributed by atoms with van der Waals surface area (Å²) in [6, 6.07) is 12.6. The molecule has 0 fully saturated rings. The van der Waals surface area contributed by atoms with Crippen LogP contribution in [0.3, 0.4) is 0 Å². The highest BCUT2D eigenvalue weighted by Crippen LogP contribution is 2.26. The lowest BCUT2D eigenvalue weighted by Gasteiger charge is -2.06. The molecule has 0 atom stereocenters. The summed E-state index contributed by atoms with van der Waals surface area (Å²) in [5.74, 6) is 0. The third kappa shape index (κ3) is 2.92. The van der Waals surface area contributed by atoms with E-state index in [4.69, 9.17) is 0 Å². The van der Waals surface area contributed by atoms with E-state index in [0.29, 0.717) is 0 Å². The number of nitrogens with zero attached hydrogens (tertiary/aromatic N) is 1. The standard InChI is InChI=1S/C16H15BrN2S/c1-11-15(17)8-14(20-11)10-18-9-13-5-2-4-12-6-3-7-19-16(12)13/h2-8,18H,9-10H2,1H3. The van der Waals surface area contributed by atoms with Crippen molar-refractivity contribution in [2.24, 2.45) is 0 Å². The predicted octanol–water partition coefficient (Wildman–Crippen LogP) is 4.66. The van der Waals surface area contributed by atoms with E-state index in [-0.39, 0.29) is 0 Å². The van der Waals surface area contributed by atoms with Crippen LogP contribution in [-0.2, 0) is 13.1 Å². The van der Waals surface area contributed by atoms with E-state index < -0.39 is 0 Å². The van der Waals surface area contributed by atoms with Gasteiger partial charge in [-0.25, -0.2) is 0 Å². The summed E-state index contributed by atoms with van der Waals surface area (Å²) in [7, 11) is 0. The zero-order valence-corrected chi connectivity index (χ0v) is 13.6. The van der Waals surface area contributed by atoms with Gasteiger partial charge in [0, 0.05) is 38.9 Å². The number of para-hydroxylation sites is 1. The molecular formula is C16H15BrN2S. The zero-order valence-electron chi connectivity index (χ0n) is 11.2. The lowest BCUT2D eigenvalue weighted by atomic mass is 10.1. The van der Waals surface area contributed by atoms with Gasteiger partial charge in [-0.2, -0.15) is 0 Å². The molecule has 20 heavy (non-hydrogen) atoms. The van der Waals surface area contributed by atoms with Crippen molar-refractivity contribution in [3.05, 3.63) is 62.4 Å². The second kappa shape index (κ2) is 6.04. The number of nitrogens with one attached hydrogen (secondary N) is 1. The van der Waals surface area contributed by atoms with Crippen LogP contribution in [-0.4, -0.2) is 4.98 Å². The van der Waals surface area contributed by atoms with Crippen molar-refractivity contribution >= 4 is 38.2 Å². The number of halogens is 1. The van der Waals surface area contributed by atoms with Crippen molar-refractivity contribution in [2.45, 2.75) is 20.0 Å². The predicted molar refractivity (Wildman–Crippen MR) is 89.0 cm³/mol. The average Bonchev–Trinajstić information content (AvgIpc) is 2.78. The first kappa shape index (κ1) is 13.7. The Morgan fingerprint density at radius 2 is 2.05 bits per heavy atom. The Bertz CT molecular complexity index is 711. The molecule has 0 saturated heterocycles. The maximum atomic E-state index is 4.48. The highest BCUT2D eigenvalue weighted by atomic mass is 79.9. The van der Waals surface area contributed by atoms with Crippen molar-refractivity contribution in [3.63, 3.8) is 0 Å². The van der Waals surface area contributed by atoms with Crippen molar-refractivity contribution in [1.82, 2.24) is 10.3 Å². The molecule has 1 aromatic carbocycles. The van der Waals surface area contributed by atoms with Crippen LogP contribution in [0.25, 0.3) is 10.9 Å². The van der Waals surface area contributed by atoms with Crippen LogP contribution in [0, 0.1) is 6.92 Å². The first-order valence-electron chi connectivity index (χ1n) is 6.52. The van der Waals surface area contributed by atoms with Crippen LogP contribution in [0.1, 0.15) is 15.3 Å². The van der Waals surface area contributed by atoms with E-state index >= 15 is 0 Å². The second-order valence-corrected chi connectivity index (χ2v) is 6.91. The molecule has 102 valence electrons. The van der Waals surface area contributed by atoms with E-state index in [9.17, 15) is 0 Å². The molecular weight excluding hydrogens is 332 g/mol. The molecule has 0 spiro atoms. The molecule has 2 nitrogen and oxygen atoms in total. The largest absolute Gasteiger partial charge is 0.308 e. The quantitative estimate of drug-likeness (QED) is 0.743. The molecule has 0 radical (unpaired) electrons. The summed E-state index contributed by atoms with van der Waals surface area (Å²) in [5.41, 5.74) is 2.33. The van der Waals surface area contributed by atoms with E-state index in [2.05, 4.69) is 63.5 Å². The Balaban J connectivity index is 1.71. The summed E-state index contributed by atoms with van der Waals surface area (Å²) in [5, 5.41) is 4.70. The maximum absolute atomic E-state index is 4.48. The average molecular weight is 347 g/mol. The van der Waals surface area contributed by atoms with Crippen LogP contribution < -0.4 is 5.32 Å². The summed E-state index contributed by atoms with van der Waals surface area (Å²) >= 11 is 5.39. The summed E-state index contributed by atoms with van der Waals surface area (Å²) in [6.07, 6.45) is 1.85. The van der Waals surface area contributed by atoms with Gasteiger partial charge in [0.1, 0.15) is 0 Å². The van der Waals surface area contributed by atoms with E-state index in [1.807, 2.05) is 23.6 Å². The fourth-order valence-corrected chi connectivity index (χ4v) is 3.81. The zero-order chi connectivity index (χ0) is 13.9. The minimum absolute atomic E-state index is 0.836.